The summed E-state index contributed by atoms with van der Waals surface area (Å²) in [5.41, 5.74) is 7.97. The average molecular weight is 430 g/mol. The molecule has 0 aliphatic heterocycles. The molecule has 0 fully saturated rings. The molecule has 3 heteroatoms. The van der Waals surface area contributed by atoms with Crippen molar-refractivity contribution in [2.45, 2.75) is 40.4 Å². The zero-order valence-electron chi connectivity index (χ0n) is 19.4. The summed E-state index contributed by atoms with van der Waals surface area (Å²) in [6, 6.07) is 27.4. The molecule has 0 atom stereocenters. The molecule has 0 N–H and O–H groups in total. The molecule has 162 valence electrons. The number of para-hydroxylation sites is 2. The van der Waals surface area contributed by atoms with Crippen LogP contribution in [0.15, 0.2) is 72.8 Å². The molecule has 33 heavy (non-hydrogen) atoms. The van der Waals surface area contributed by atoms with Crippen LogP contribution in [-0.2, 0) is 19.6 Å². The van der Waals surface area contributed by atoms with E-state index < -0.39 is 0 Å². The van der Waals surface area contributed by atoms with E-state index in [1.165, 1.54) is 65.4 Å². The van der Waals surface area contributed by atoms with E-state index in [-0.39, 0.29) is 0 Å². The van der Waals surface area contributed by atoms with E-state index in [2.05, 4.69) is 107 Å². The van der Waals surface area contributed by atoms with Gasteiger partial charge in [-0.15, -0.1) is 0 Å². The highest BCUT2D eigenvalue weighted by molar-refractivity contribution is 6.21. The number of hydrogen-bond donors (Lipinski definition) is 0. The highest BCUT2D eigenvalue weighted by atomic mass is 15.0. The summed E-state index contributed by atoms with van der Waals surface area (Å²) >= 11 is 0. The van der Waals surface area contributed by atoms with Crippen molar-refractivity contribution in [3.05, 3.63) is 72.8 Å². The maximum Gasteiger partial charge on any atom is 0.0499 e. The Morgan fingerprint density at radius 3 is 1.06 bits per heavy atom. The molecule has 0 radical (unpaired) electrons. The Morgan fingerprint density at radius 2 is 0.697 bits per heavy atom. The van der Waals surface area contributed by atoms with Crippen LogP contribution in [0.5, 0.6) is 0 Å². The van der Waals surface area contributed by atoms with Crippen molar-refractivity contribution in [3.63, 3.8) is 0 Å². The zero-order chi connectivity index (χ0) is 22.3. The van der Waals surface area contributed by atoms with Crippen molar-refractivity contribution in [1.82, 2.24) is 13.7 Å². The van der Waals surface area contributed by atoms with Crippen molar-refractivity contribution in [3.8, 4) is 0 Å². The topological polar surface area (TPSA) is 14.8 Å². The molecule has 0 unspecified atom stereocenters. The van der Waals surface area contributed by atoms with Crippen LogP contribution < -0.4 is 0 Å². The molecule has 0 saturated heterocycles. The first-order valence-corrected chi connectivity index (χ1v) is 12.1. The molecule has 4 aromatic carbocycles. The first-order valence-electron chi connectivity index (χ1n) is 12.1. The molecule has 0 bridgehead atoms. The summed E-state index contributed by atoms with van der Waals surface area (Å²) in [7, 11) is 0. The van der Waals surface area contributed by atoms with E-state index in [1.807, 2.05) is 0 Å². The lowest BCUT2D eigenvalue weighted by Crippen LogP contribution is -1.94. The highest BCUT2D eigenvalue weighted by Crippen LogP contribution is 2.40. The normalized spacial score (nSPS) is 12.5. The molecular formula is C30H27N3. The number of nitrogens with zero attached hydrogens (tertiary/aromatic N) is 3. The number of aryl methyl sites for hydroxylation is 3. The van der Waals surface area contributed by atoms with E-state index in [9.17, 15) is 0 Å². The zero-order valence-corrected chi connectivity index (χ0v) is 19.4. The van der Waals surface area contributed by atoms with Gasteiger partial charge < -0.3 is 13.7 Å². The lowest BCUT2D eigenvalue weighted by atomic mass is 10.1. The van der Waals surface area contributed by atoms with Gasteiger partial charge in [-0.2, -0.15) is 0 Å². The first kappa shape index (κ1) is 18.8. The number of rotatable bonds is 3. The molecule has 7 rings (SSSR count). The third-order valence-corrected chi connectivity index (χ3v) is 7.60. The Hall–Kier alpha value is -3.72. The van der Waals surface area contributed by atoms with E-state index in [1.54, 1.807) is 0 Å². The predicted octanol–water partition coefficient (Wildman–Crippen LogP) is 8.07. The van der Waals surface area contributed by atoms with Gasteiger partial charge in [-0.05, 0) is 57.2 Å². The fourth-order valence-corrected chi connectivity index (χ4v) is 6.19. The summed E-state index contributed by atoms with van der Waals surface area (Å²) in [6.45, 7) is 9.64. The summed E-state index contributed by atoms with van der Waals surface area (Å²) in [6.07, 6.45) is 0. The minimum Gasteiger partial charge on any atom is -0.341 e. The van der Waals surface area contributed by atoms with Gasteiger partial charge in [0.2, 0.25) is 0 Å². The summed E-state index contributed by atoms with van der Waals surface area (Å²) in [4.78, 5) is 0. The number of aromatic nitrogens is 3. The minimum absolute atomic E-state index is 0.954. The third kappa shape index (κ3) is 2.29. The second-order valence-electron chi connectivity index (χ2n) is 9.04. The smallest absolute Gasteiger partial charge is 0.0499 e. The molecule has 3 nitrogen and oxygen atoms in total. The fraction of sp³-hybridized carbons (Fsp3) is 0.200. The Labute approximate surface area is 192 Å². The van der Waals surface area contributed by atoms with Crippen molar-refractivity contribution < 1.29 is 0 Å². The Morgan fingerprint density at radius 1 is 0.394 bits per heavy atom. The highest BCUT2D eigenvalue weighted by Gasteiger charge is 2.18. The second-order valence-corrected chi connectivity index (χ2v) is 9.04. The number of benzene rings is 4. The monoisotopic (exact) mass is 429 g/mol. The molecule has 0 aliphatic carbocycles. The van der Waals surface area contributed by atoms with Gasteiger partial charge >= 0.3 is 0 Å². The minimum atomic E-state index is 0.954. The van der Waals surface area contributed by atoms with Gasteiger partial charge in [0.05, 0.1) is 0 Å². The van der Waals surface area contributed by atoms with Gasteiger partial charge in [0.15, 0.2) is 0 Å². The van der Waals surface area contributed by atoms with Crippen LogP contribution in [0.4, 0.5) is 0 Å². The fourth-order valence-electron chi connectivity index (χ4n) is 6.19. The summed E-state index contributed by atoms with van der Waals surface area (Å²) in [5.74, 6) is 0. The largest absolute Gasteiger partial charge is 0.341 e. The van der Waals surface area contributed by atoms with Gasteiger partial charge in [-0.25, -0.2) is 0 Å². The molecule has 0 amide bonds. The van der Waals surface area contributed by atoms with Gasteiger partial charge in [0.25, 0.3) is 0 Å². The molecule has 0 spiro atoms. The predicted molar refractivity (Wildman–Crippen MR) is 142 cm³/mol. The van der Waals surface area contributed by atoms with Crippen LogP contribution in [0.2, 0.25) is 0 Å². The lowest BCUT2D eigenvalue weighted by molar-refractivity contribution is 0.823. The average Bonchev–Trinajstić information content (AvgIpc) is 3.45. The number of fused-ring (bicyclic) bond motifs is 9. The Kier molecular flexibility index (Phi) is 3.79. The van der Waals surface area contributed by atoms with Gasteiger partial charge in [-0.3, -0.25) is 0 Å². The lowest BCUT2D eigenvalue weighted by Gasteiger charge is -2.05. The molecule has 0 aliphatic rings. The molecule has 7 aromatic rings. The SMILES string of the molecule is CCn1c2ccccc2c2cc3c(cc21)c1cc2c(cc1n3CC)c1ccccc1n2CC. The van der Waals surface area contributed by atoms with E-state index in [4.69, 9.17) is 0 Å². The summed E-state index contributed by atoms with van der Waals surface area (Å²) < 4.78 is 7.42. The van der Waals surface area contributed by atoms with Crippen LogP contribution in [0.3, 0.4) is 0 Å². The van der Waals surface area contributed by atoms with Crippen molar-refractivity contribution >= 4 is 65.4 Å². The maximum absolute atomic E-state index is 2.50. The van der Waals surface area contributed by atoms with E-state index in [0.717, 1.165) is 19.6 Å². The van der Waals surface area contributed by atoms with Crippen molar-refractivity contribution in [2.75, 3.05) is 0 Å². The second kappa shape index (κ2) is 6.64. The van der Waals surface area contributed by atoms with Crippen LogP contribution in [-0.4, -0.2) is 13.7 Å². The Balaban J connectivity index is 1.70. The standard InChI is InChI=1S/C30H27N3/c1-4-31-25-13-9-7-11-19(25)21-15-29-23(17-27(21)31)24-18-28-22(16-30(24)33(29)6-3)20-12-8-10-14-26(20)32(28)5-2/h7-18H,4-6H2,1-3H3. The maximum atomic E-state index is 2.50. The summed E-state index contributed by atoms with van der Waals surface area (Å²) in [5, 5.41) is 8.10. The van der Waals surface area contributed by atoms with Gasteiger partial charge in [0.1, 0.15) is 0 Å². The van der Waals surface area contributed by atoms with Crippen LogP contribution in [0, 0.1) is 0 Å². The first-order chi connectivity index (χ1) is 16.2. The quantitative estimate of drug-likeness (QED) is 0.270. The van der Waals surface area contributed by atoms with Crippen LogP contribution in [0.1, 0.15) is 20.8 Å². The molecule has 3 aromatic heterocycles. The van der Waals surface area contributed by atoms with E-state index >= 15 is 0 Å². The van der Waals surface area contributed by atoms with Gasteiger partial charge in [0, 0.05) is 85.1 Å². The number of hydrogen-bond acceptors (Lipinski definition) is 0. The van der Waals surface area contributed by atoms with Gasteiger partial charge in [-0.1, -0.05) is 36.4 Å². The molecule has 3 heterocycles. The molecular weight excluding hydrogens is 402 g/mol. The van der Waals surface area contributed by atoms with E-state index in [0.29, 0.717) is 0 Å². The van der Waals surface area contributed by atoms with Crippen LogP contribution in [0.25, 0.3) is 65.4 Å². The Bertz CT molecular complexity index is 1740. The van der Waals surface area contributed by atoms with Crippen molar-refractivity contribution in [1.29, 1.82) is 0 Å². The van der Waals surface area contributed by atoms with Crippen molar-refractivity contribution in [2.24, 2.45) is 0 Å². The molecule has 0 saturated carbocycles. The van der Waals surface area contributed by atoms with Crippen LogP contribution >= 0.6 is 0 Å². The third-order valence-electron chi connectivity index (χ3n) is 7.60.